The summed E-state index contributed by atoms with van der Waals surface area (Å²) in [7, 11) is 0. The summed E-state index contributed by atoms with van der Waals surface area (Å²) >= 11 is 3.36. The summed E-state index contributed by atoms with van der Waals surface area (Å²) in [5.74, 6) is 0.504. The normalized spacial score (nSPS) is 11.8. The van der Waals surface area contributed by atoms with Crippen molar-refractivity contribution in [3.05, 3.63) is 77.3 Å². The molecule has 1 atom stereocenters. The molecule has 0 aliphatic carbocycles. The Hall–Kier alpha value is -2.60. The first kappa shape index (κ1) is 17.2. The van der Waals surface area contributed by atoms with Crippen LogP contribution in [-0.2, 0) is 4.79 Å². The minimum absolute atomic E-state index is 0.0148. The van der Waals surface area contributed by atoms with Crippen LogP contribution in [0.3, 0.4) is 0 Å². The predicted octanol–water partition coefficient (Wildman–Crippen LogP) is 3.89. The van der Waals surface area contributed by atoms with Gasteiger partial charge in [0.05, 0.1) is 12.4 Å². The van der Waals surface area contributed by atoms with E-state index in [2.05, 4.69) is 26.2 Å². The maximum Gasteiger partial charge on any atom is 0.258 e. The molecule has 0 aliphatic rings. The van der Waals surface area contributed by atoms with Crippen LogP contribution < -0.4 is 10.1 Å². The topological polar surface area (TPSA) is 56.1 Å². The van der Waals surface area contributed by atoms with Crippen molar-refractivity contribution in [3.63, 3.8) is 0 Å². The minimum atomic E-state index is -0.158. The zero-order valence-corrected chi connectivity index (χ0v) is 15.3. The van der Waals surface area contributed by atoms with Gasteiger partial charge in [0.15, 0.2) is 6.61 Å². The highest BCUT2D eigenvalue weighted by Crippen LogP contribution is 2.17. The molecule has 2 aromatic carbocycles. The Morgan fingerprint density at radius 2 is 1.92 bits per heavy atom. The van der Waals surface area contributed by atoms with E-state index in [0.717, 1.165) is 15.7 Å². The van der Waals surface area contributed by atoms with E-state index in [4.69, 9.17) is 4.74 Å². The van der Waals surface area contributed by atoms with Gasteiger partial charge in [0.2, 0.25) is 0 Å². The Morgan fingerprint density at radius 1 is 1.20 bits per heavy atom. The molecule has 0 aliphatic heterocycles. The van der Waals surface area contributed by atoms with Gasteiger partial charge in [-0.15, -0.1) is 0 Å². The number of aromatic nitrogens is 2. The lowest BCUT2D eigenvalue weighted by molar-refractivity contribution is -0.123. The summed E-state index contributed by atoms with van der Waals surface area (Å²) in [6, 6.07) is 15.3. The van der Waals surface area contributed by atoms with Gasteiger partial charge in [0.25, 0.3) is 5.91 Å². The monoisotopic (exact) mass is 399 g/mol. The third kappa shape index (κ3) is 4.70. The lowest BCUT2D eigenvalue weighted by Crippen LogP contribution is -2.31. The van der Waals surface area contributed by atoms with E-state index in [1.54, 1.807) is 12.5 Å². The molecule has 3 aromatic rings. The highest BCUT2D eigenvalue weighted by molar-refractivity contribution is 9.10. The van der Waals surface area contributed by atoms with Gasteiger partial charge in [0, 0.05) is 22.6 Å². The number of amides is 1. The summed E-state index contributed by atoms with van der Waals surface area (Å²) in [5, 5.41) is 2.94. The van der Waals surface area contributed by atoms with Crippen LogP contribution in [0, 0.1) is 0 Å². The van der Waals surface area contributed by atoms with Gasteiger partial charge >= 0.3 is 0 Å². The molecule has 0 fully saturated rings. The number of halogens is 1. The van der Waals surface area contributed by atoms with Gasteiger partial charge in [0.1, 0.15) is 5.75 Å². The number of carbonyl (C=O) groups excluding carboxylic acids is 1. The second kappa shape index (κ2) is 7.98. The van der Waals surface area contributed by atoms with E-state index in [9.17, 15) is 4.79 Å². The molecule has 0 unspecified atom stereocenters. The Labute approximate surface area is 154 Å². The first-order chi connectivity index (χ1) is 12.1. The molecule has 5 nitrogen and oxygen atoms in total. The highest BCUT2D eigenvalue weighted by atomic mass is 79.9. The SMILES string of the molecule is C[C@H](NC(=O)COc1ccc(Br)cc1)c1ccc(-n2ccnc2)cc1. The molecule has 0 saturated carbocycles. The average Bonchev–Trinajstić information content (AvgIpc) is 3.16. The molecular formula is C19H18BrN3O2. The average molecular weight is 400 g/mol. The van der Waals surface area contributed by atoms with Crippen molar-refractivity contribution in [1.29, 1.82) is 0 Å². The number of ether oxygens (including phenoxy) is 1. The van der Waals surface area contributed by atoms with Crippen molar-refractivity contribution in [2.45, 2.75) is 13.0 Å². The number of hydrogen-bond donors (Lipinski definition) is 1. The molecular weight excluding hydrogens is 382 g/mol. The van der Waals surface area contributed by atoms with Gasteiger partial charge in [-0.2, -0.15) is 0 Å². The molecule has 1 amide bonds. The van der Waals surface area contributed by atoms with Crippen LogP contribution in [0.5, 0.6) is 5.75 Å². The fourth-order valence-corrected chi connectivity index (χ4v) is 2.66. The minimum Gasteiger partial charge on any atom is -0.484 e. The quantitative estimate of drug-likeness (QED) is 0.683. The number of imidazole rings is 1. The lowest BCUT2D eigenvalue weighted by atomic mass is 10.1. The standard InChI is InChI=1S/C19H18BrN3O2/c1-14(15-2-6-17(7-3-15)23-11-10-21-13-23)22-19(24)12-25-18-8-4-16(20)5-9-18/h2-11,13-14H,12H2,1H3,(H,22,24)/t14-/m0/s1. The van der Waals surface area contributed by atoms with Gasteiger partial charge in [-0.3, -0.25) is 4.79 Å². The number of benzene rings is 2. The van der Waals surface area contributed by atoms with E-state index in [-0.39, 0.29) is 18.6 Å². The molecule has 1 aromatic heterocycles. The Kier molecular flexibility index (Phi) is 5.50. The Morgan fingerprint density at radius 3 is 2.56 bits per heavy atom. The molecule has 0 bridgehead atoms. The second-order valence-electron chi connectivity index (χ2n) is 5.59. The Bertz CT molecular complexity index is 815. The highest BCUT2D eigenvalue weighted by Gasteiger charge is 2.10. The van der Waals surface area contributed by atoms with Gasteiger partial charge in [-0.25, -0.2) is 4.98 Å². The molecule has 1 N–H and O–H groups in total. The molecule has 6 heteroatoms. The molecule has 3 rings (SSSR count). The zero-order valence-electron chi connectivity index (χ0n) is 13.7. The van der Waals surface area contributed by atoms with Crippen LogP contribution in [0.4, 0.5) is 0 Å². The van der Waals surface area contributed by atoms with E-state index < -0.39 is 0 Å². The van der Waals surface area contributed by atoms with Crippen molar-refractivity contribution < 1.29 is 9.53 Å². The summed E-state index contributed by atoms with van der Waals surface area (Å²) in [5.41, 5.74) is 2.05. The van der Waals surface area contributed by atoms with Crippen molar-refractivity contribution >= 4 is 21.8 Å². The number of nitrogens with one attached hydrogen (secondary N) is 1. The fraction of sp³-hybridized carbons (Fsp3) is 0.158. The molecule has 1 heterocycles. The maximum atomic E-state index is 12.1. The second-order valence-corrected chi connectivity index (χ2v) is 6.51. The summed E-state index contributed by atoms with van der Waals surface area (Å²) in [6.07, 6.45) is 5.38. The molecule has 0 saturated heterocycles. The Balaban J connectivity index is 1.53. The van der Waals surface area contributed by atoms with Crippen LogP contribution in [0.15, 0.2) is 71.7 Å². The lowest BCUT2D eigenvalue weighted by Gasteiger charge is -2.15. The van der Waals surface area contributed by atoms with Gasteiger partial charge in [-0.05, 0) is 48.9 Å². The molecule has 25 heavy (non-hydrogen) atoms. The van der Waals surface area contributed by atoms with Crippen LogP contribution in [0.2, 0.25) is 0 Å². The number of nitrogens with zero attached hydrogens (tertiary/aromatic N) is 2. The van der Waals surface area contributed by atoms with E-state index in [1.807, 2.05) is 66.2 Å². The zero-order chi connectivity index (χ0) is 17.6. The van der Waals surface area contributed by atoms with E-state index in [1.165, 1.54) is 0 Å². The van der Waals surface area contributed by atoms with Gasteiger partial charge < -0.3 is 14.6 Å². The van der Waals surface area contributed by atoms with E-state index >= 15 is 0 Å². The number of carbonyl (C=O) groups is 1. The maximum absolute atomic E-state index is 12.1. The van der Waals surface area contributed by atoms with Gasteiger partial charge in [-0.1, -0.05) is 28.1 Å². The largest absolute Gasteiger partial charge is 0.484 e. The van der Waals surface area contributed by atoms with Crippen LogP contribution >= 0.6 is 15.9 Å². The van der Waals surface area contributed by atoms with Crippen LogP contribution in [-0.4, -0.2) is 22.1 Å². The number of rotatable bonds is 6. The molecule has 128 valence electrons. The third-order valence-electron chi connectivity index (χ3n) is 3.76. The predicted molar refractivity (Wildman–Crippen MR) is 99.8 cm³/mol. The van der Waals surface area contributed by atoms with Crippen molar-refractivity contribution in [2.75, 3.05) is 6.61 Å². The van der Waals surface area contributed by atoms with E-state index in [0.29, 0.717) is 5.75 Å². The van der Waals surface area contributed by atoms with Crippen molar-refractivity contribution in [1.82, 2.24) is 14.9 Å². The van der Waals surface area contributed by atoms with Crippen molar-refractivity contribution in [2.24, 2.45) is 0 Å². The smallest absolute Gasteiger partial charge is 0.258 e. The number of hydrogen-bond acceptors (Lipinski definition) is 3. The summed E-state index contributed by atoms with van der Waals surface area (Å²) in [4.78, 5) is 16.1. The first-order valence-corrected chi connectivity index (χ1v) is 8.67. The van der Waals surface area contributed by atoms with Crippen molar-refractivity contribution in [3.8, 4) is 11.4 Å². The first-order valence-electron chi connectivity index (χ1n) is 7.88. The van der Waals surface area contributed by atoms with Crippen LogP contribution in [0.25, 0.3) is 5.69 Å². The molecule has 0 spiro atoms. The summed E-state index contributed by atoms with van der Waals surface area (Å²) < 4.78 is 8.38. The van der Waals surface area contributed by atoms with Crippen LogP contribution in [0.1, 0.15) is 18.5 Å². The fourth-order valence-electron chi connectivity index (χ4n) is 2.39. The third-order valence-corrected chi connectivity index (χ3v) is 4.29. The summed E-state index contributed by atoms with van der Waals surface area (Å²) in [6.45, 7) is 1.93. The molecule has 0 radical (unpaired) electrons.